The van der Waals surface area contributed by atoms with Crippen molar-refractivity contribution in [3.05, 3.63) is 46.3 Å². The van der Waals surface area contributed by atoms with Gasteiger partial charge in [0.15, 0.2) is 0 Å². The van der Waals surface area contributed by atoms with Crippen molar-refractivity contribution in [3.8, 4) is 5.75 Å². The molecule has 0 unspecified atom stereocenters. The Bertz CT molecular complexity index is 669. The molecule has 2 rings (SSSR count). The quantitative estimate of drug-likeness (QED) is 0.828. The van der Waals surface area contributed by atoms with Crippen molar-refractivity contribution in [1.29, 1.82) is 0 Å². The number of rotatable bonds is 6. The van der Waals surface area contributed by atoms with Gasteiger partial charge in [0.05, 0.1) is 0 Å². The fourth-order valence-corrected chi connectivity index (χ4v) is 3.71. The van der Waals surface area contributed by atoms with Crippen LogP contribution in [0, 0.1) is 6.92 Å². The third-order valence-electron chi connectivity index (χ3n) is 2.55. The molecule has 0 radical (unpaired) electrons. The molecule has 2 aromatic rings. The molecule has 7 heteroatoms. The number of nitrogens with one attached hydrogen (secondary N) is 1. The Balaban J connectivity index is 1.83. The lowest BCUT2D eigenvalue weighted by Gasteiger charge is -2.08. The molecule has 108 valence electrons. The van der Waals surface area contributed by atoms with Gasteiger partial charge in [0, 0.05) is 11.6 Å². The van der Waals surface area contributed by atoms with Crippen LogP contribution in [-0.2, 0) is 10.0 Å². The monoisotopic (exact) mass is 331 g/mol. The van der Waals surface area contributed by atoms with E-state index in [1.807, 2.05) is 13.0 Å². The van der Waals surface area contributed by atoms with Crippen LogP contribution in [0.3, 0.4) is 0 Å². The molecule has 1 aromatic carbocycles. The first-order chi connectivity index (χ1) is 9.49. The fourth-order valence-electron chi connectivity index (χ4n) is 1.54. The van der Waals surface area contributed by atoms with E-state index in [2.05, 4.69) is 4.72 Å². The molecule has 1 heterocycles. The summed E-state index contributed by atoms with van der Waals surface area (Å²) < 4.78 is 31.9. The normalized spacial score (nSPS) is 11.5. The summed E-state index contributed by atoms with van der Waals surface area (Å²) in [6.07, 6.45) is 0. The summed E-state index contributed by atoms with van der Waals surface area (Å²) in [6, 6.07) is 8.59. The number of sulfonamides is 1. The molecule has 0 bridgehead atoms. The SMILES string of the molecule is Cc1cc(OCCNS(=O)(=O)c2cccs2)ccc1Cl. The van der Waals surface area contributed by atoms with Crippen molar-refractivity contribution in [3.63, 3.8) is 0 Å². The maximum atomic E-state index is 11.8. The zero-order valence-corrected chi connectivity index (χ0v) is 13.2. The maximum Gasteiger partial charge on any atom is 0.250 e. The Kier molecular flexibility index (Phi) is 5.04. The van der Waals surface area contributed by atoms with Crippen LogP contribution in [0.4, 0.5) is 0 Å². The van der Waals surface area contributed by atoms with E-state index < -0.39 is 10.0 Å². The topological polar surface area (TPSA) is 55.4 Å². The van der Waals surface area contributed by atoms with Crippen molar-refractivity contribution >= 4 is 33.0 Å². The van der Waals surface area contributed by atoms with E-state index in [-0.39, 0.29) is 13.2 Å². The first-order valence-corrected chi connectivity index (χ1v) is 8.65. The zero-order chi connectivity index (χ0) is 14.6. The Morgan fingerprint density at radius 1 is 1.35 bits per heavy atom. The van der Waals surface area contributed by atoms with Gasteiger partial charge in [0.25, 0.3) is 0 Å². The van der Waals surface area contributed by atoms with Crippen molar-refractivity contribution in [1.82, 2.24) is 4.72 Å². The molecule has 1 N–H and O–H groups in total. The number of hydrogen-bond acceptors (Lipinski definition) is 4. The smallest absolute Gasteiger partial charge is 0.250 e. The van der Waals surface area contributed by atoms with E-state index >= 15 is 0 Å². The molecule has 20 heavy (non-hydrogen) atoms. The molecule has 0 fully saturated rings. The van der Waals surface area contributed by atoms with Gasteiger partial charge in [0.2, 0.25) is 10.0 Å². The van der Waals surface area contributed by atoms with Crippen molar-refractivity contribution in [2.75, 3.05) is 13.2 Å². The molecule has 0 spiro atoms. The molecule has 0 aliphatic heterocycles. The van der Waals surface area contributed by atoms with Gasteiger partial charge in [-0.05, 0) is 42.1 Å². The molecular weight excluding hydrogens is 318 g/mol. The minimum absolute atomic E-state index is 0.210. The third-order valence-corrected chi connectivity index (χ3v) is 5.83. The fraction of sp³-hybridized carbons (Fsp3) is 0.231. The molecular formula is C13H14ClNO3S2. The van der Waals surface area contributed by atoms with E-state index in [9.17, 15) is 8.42 Å². The molecule has 4 nitrogen and oxygen atoms in total. The average Bonchev–Trinajstić information content (AvgIpc) is 2.93. The molecule has 0 aliphatic carbocycles. The largest absolute Gasteiger partial charge is 0.492 e. The molecule has 0 aliphatic rings. The van der Waals surface area contributed by atoms with Crippen LogP contribution in [-0.4, -0.2) is 21.6 Å². The minimum Gasteiger partial charge on any atom is -0.492 e. The van der Waals surface area contributed by atoms with E-state index in [1.54, 1.807) is 29.6 Å². The van der Waals surface area contributed by atoms with E-state index in [0.29, 0.717) is 15.0 Å². The van der Waals surface area contributed by atoms with E-state index in [0.717, 1.165) is 5.56 Å². The van der Waals surface area contributed by atoms with Gasteiger partial charge < -0.3 is 4.74 Å². The number of thiophene rings is 1. The number of ether oxygens (including phenoxy) is 1. The standard InChI is InChI=1S/C13H14ClNO3S2/c1-10-9-11(4-5-12(10)14)18-7-6-15-20(16,17)13-3-2-8-19-13/h2-5,8-9,15H,6-7H2,1H3. The third kappa shape index (κ3) is 3.96. The molecule has 1 aromatic heterocycles. The number of benzene rings is 1. The molecule has 0 amide bonds. The summed E-state index contributed by atoms with van der Waals surface area (Å²) in [5.74, 6) is 0.669. The Labute approximate surface area is 127 Å². The summed E-state index contributed by atoms with van der Waals surface area (Å²) >= 11 is 7.09. The number of halogens is 1. The summed E-state index contributed by atoms with van der Waals surface area (Å²) in [7, 11) is -3.42. The number of hydrogen-bond donors (Lipinski definition) is 1. The summed E-state index contributed by atoms with van der Waals surface area (Å²) in [5, 5.41) is 2.40. The van der Waals surface area contributed by atoms with Crippen LogP contribution < -0.4 is 9.46 Å². The second-order valence-corrected chi connectivity index (χ2v) is 7.44. The van der Waals surface area contributed by atoms with Gasteiger partial charge in [-0.1, -0.05) is 17.7 Å². The van der Waals surface area contributed by atoms with Crippen molar-refractivity contribution in [2.24, 2.45) is 0 Å². The molecule has 0 saturated heterocycles. The lowest BCUT2D eigenvalue weighted by Crippen LogP contribution is -2.27. The summed E-state index contributed by atoms with van der Waals surface area (Å²) in [4.78, 5) is 0. The van der Waals surface area contributed by atoms with Gasteiger partial charge >= 0.3 is 0 Å². The Morgan fingerprint density at radius 2 is 2.15 bits per heavy atom. The lowest BCUT2D eigenvalue weighted by molar-refractivity contribution is 0.322. The van der Waals surface area contributed by atoms with Gasteiger partial charge in [-0.2, -0.15) is 0 Å². The average molecular weight is 332 g/mol. The lowest BCUT2D eigenvalue weighted by atomic mass is 10.2. The van der Waals surface area contributed by atoms with Crippen molar-refractivity contribution < 1.29 is 13.2 Å². The van der Waals surface area contributed by atoms with Crippen LogP contribution in [0.25, 0.3) is 0 Å². The van der Waals surface area contributed by atoms with E-state index in [4.69, 9.17) is 16.3 Å². The van der Waals surface area contributed by atoms with Crippen LogP contribution in [0.15, 0.2) is 39.9 Å². The predicted molar refractivity (Wildman–Crippen MR) is 81.2 cm³/mol. The van der Waals surface area contributed by atoms with Crippen molar-refractivity contribution in [2.45, 2.75) is 11.1 Å². The number of aryl methyl sites for hydroxylation is 1. The van der Waals surface area contributed by atoms with Crippen LogP contribution in [0.1, 0.15) is 5.56 Å². The minimum atomic E-state index is -3.42. The Morgan fingerprint density at radius 3 is 2.80 bits per heavy atom. The van der Waals surface area contributed by atoms with Gasteiger partial charge in [-0.3, -0.25) is 0 Å². The zero-order valence-electron chi connectivity index (χ0n) is 10.8. The highest BCUT2D eigenvalue weighted by Crippen LogP contribution is 2.21. The highest BCUT2D eigenvalue weighted by Gasteiger charge is 2.13. The highest BCUT2D eigenvalue weighted by molar-refractivity contribution is 7.91. The second kappa shape index (κ2) is 6.58. The summed E-state index contributed by atoms with van der Waals surface area (Å²) in [5.41, 5.74) is 0.920. The first kappa shape index (κ1) is 15.3. The molecule has 0 atom stereocenters. The molecule has 0 saturated carbocycles. The Hall–Kier alpha value is -1.08. The first-order valence-electron chi connectivity index (χ1n) is 5.91. The highest BCUT2D eigenvalue weighted by atomic mass is 35.5. The second-order valence-electron chi connectivity index (χ2n) is 4.09. The maximum absolute atomic E-state index is 11.8. The van der Waals surface area contributed by atoms with Crippen LogP contribution in [0.2, 0.25) is 5.02 Å². The summed E-state index contributed by atoms with van der Waals surface area (Å²) in [6.45, 7) is 2.35. The van der Waals surface area contributed by atoms with Gasteiger partial charge in [-0.25, -0.2) is 13.1 Å². The predicted octanol–water partition coefficient (Wildman–Crippen LogP) is 3.07. The van der Waals surface area contributed by atoms with E-state index in [1.165, 1.54) is 11.3 Å². The van der Waals surface area contributed by atoms with Crippen LogP contribution >= 0.6 is 22.9 Å². The van der Waals surface area contributed by atoms with Gasteiger partial charge in [0.1, 0.15) is 16.6 Å². The van der Waals surface area contributed by atoms with Crippen LogP contribution in [0.5, 0.6) is 5.75 Å². The van der Waals surface area contributed by atoms with Gasteiger partial charge in [-0.15, -0.1) is 11.3 Å².